The van der Waals surface area contributed by atoms with Crippen LogP contribution in [0.2, 0.25) is 0 Å². The Morgan fingerprint density at radius 2 is 2.33 bits per heavy atom. The highest BCUT2D eigenvalue weighted by atomic mass is 16.5. The second-order valence-corrected chi connectivity index (χ2v) is 4.97. The zero-order valence-corrected chi connectivity index (χ0v) is 11.7. The van der Waals surface area contributed by atoms with Crippen LogP contribution in [0.1, 0.15) is 18.7 Å². The van der Waals surface area contributed by atoms with Crippen molar-refractivity contribution in [1.82, 2.24) is 20.4 Å². The molecule has 1 saturated heterocycles. The fourth-order valence-corrected chi connectivity index (χ4v) is 2.33. The number of amides is 1. The van der Waals surface area contributed by atoms with E-state index in [-0.39, 0.29) is 5.91 Å². The van der Waals surface area contributed by atoms with Gasteiger partial charge in [0.2, 0.25) is 17.6 Å². The summed E-state index contributed by atoms with van der Waals surface area (Å²) in [4.78, 5) is 18.3. The highest BCUT2D eigenvalue weighted by Crippen LogP contribution is 2.16. The van der Waals surface area contributed by atoms with Crippen LogP contribution in [-0.2, 0) is 11.2 Å². The average molecular weight is 290 g/mol. The molecule has 7 heteroatoms. The van der Waals surface area contributed by atoms with Gasteiger partial charge in [0, 0.05) is 32.5 Å². The van der Waals surface area contributed by atoms with E-state index in [1.807, 2.05) is 4.90 Å². The molecule has 0 bridgehead atoms. The summed E-state index contributed by atoms with van der Waals surface area (Å²) in [5.41, 5.74) is 0. The summed E-state index contributed by atoms with van der Waals surface area (Å²) in [7, 11) is 0. The van der Waals surface area contributed by atoms with Gasteiger partial charge in [-0.05, 0) is 25.1 Å². The smallest absolute Gasteiger partial charge is 0.238 e. The summed E-state index contributed by atoms with van der Waals surface area (Å²) < 4.78 is 10.3. The van der Waals surface area contributed by atoms with Crippen LogP contribution >= 0.6 is 0 Å². The molecule has 0 saturated carbocycles. The number of furan rings is 1. The monoisotopic (exact) mass is 290 g/mol. The summed E-state index contributed by atoms with van der Waals surface area (Å²) >= 11 is 0. The maximum Gasteiger partial charge on any atom is 0.238 e. The van der Waals surface area contributed by atoms with Crippen LogP contribution in [0.15, 0.2) is 27.3 Å². The topological polar surface area (TPSA) is 84.4 Å². The molecule has 3 heterocycles. The Morgan fingerprint density at radius 3 is 3.19 bits per heavy atom. The lowest BCUT2D eigenvalue weighted by Crippen LogP contribution is -2.34. The Bertz CT molecular complexity index is 571. The van der Waals surface area contributed by atoms with Crippen molar-refractivity contribution < 1.29 is 13.7 Å². The lowest BCUT2D eigenvalue weighted by Gasteiger charge is -2.19. The molecule has 0 spiro atoms. The van der Waals surface area contributed by atoms with E-state index < -0.39 is 0 Å². The molecule has 0 atom stereocenters. The van der Waals surface area contributed by atoms with Crippen molar-refractivity contribution in [1.29, 1.82) is 0 Å². The third-order valence-corrected chi connectivity index (χ3v) is 3.46. The van der Waals surface area contributed by atoms with Crippen molar-refractivity contribution >= 4 is 5.91 Å². The van der Waals surface area contributed by atoms with Crippen molar-refractivity contribution in [2.45, 2.75) is 19.3 Å². The van der Waals surface area contributed by atoms with Gasteiger partial charge in [-0.25, -0.2) is 0 Å². The van der Waals surface area contributed by atoms with Gasteiger partial charge >= 0.3 is 0 Å². The second-order valence-electron chi connectivity index (χ2n) is 4.97. The first kappa shape index (κ1) is 13.8. The largest absolute Gasteiger partial charge is 0.461 e. The molecule has 0 unspecified atom stereocenters. The van der Waals surface area contributed by atoms with Gasteiger partial charge in [-0.3, -0.25) is 4.79 Å². The van der Waals surface area contributed by atoms with E-state index in [1.165, 1.54) is 0 Å². The van der Waals surface area contributed by atoms with Crippen LogP contribution in [0.5, 0.6) is 0 Å². The molecule has 1 N–H and O–H groups in total. The quantitative estimate of drug-likeness (QED) is 0.907. The Labute approximate surface area is 122 Å². The van der Waals surface area contributed by atoms with Gasteiger partial charge in [-0.1, -0.05) is 5.16 Å². The van der Waals surface area contributed by atoms with Crippen molar-refractivity contribution in [3.05, 3.63) is 24.3 Å². The van der Waals surface area contributed by atoms with Crippen molar-refractivity contribution in [3.8, 4) is 11.6 Å². The van der Waals surface area contributed by atoms with Crippen LogP contribution in [-0.4, -0.2) is 47.1 Å². The third-order valence-electron chi connectivity index (χ3n) is 3.46. The molecular weight excluding hydrogens is 272 g/mol. The summed E-state index contributed by atoms with van der Waals surface area (Å²) in [6.07, 6.45) is 3.40. The fourth-order valence-electron chi connectivity index (χ4n) is 2.33. The number of nitrogens with zero attached hydrogens (tertiary/aromatic N) is 3. The Hall–Kier alpha value is -2.15. The molecule has 7 nitrogen and oxygen atoms in total. The average Bonchev–Trinajstić information content (AvgIpc) is 3.11. The number of carbonyl (C=O) groups is 1. The summed E-state index contributed by atoms with van der Waals surface area (Å²) in [5, 5.41) is 7.13. The Morgan fingerprint density at radius 1 is 1.38 bits per heavy atom. The number of hydrogen-bond donors (Lipinski definition) is 1. The van der Waals surface area contributed by atoms with Gasteiger partial charge in [-0.2, -0.15) is 4.98 Å². The second kappa shape index (κ2) is 6.53. The fraction of sp³-hybridized carbons (Fsp3) is 0.500. The Balaban J connectivity index is 1.54. The first-order chi connectivity index (χ1) is 10.3. The molecule has 112 valence electrons. The van der Waals surface area contributed by atoms with Crippen molar-refractivity contribution in [2.75, 3.05) is 26.2 Å². The van der Waals surface area contributed by atoms with Gasteiger partial charge < -0.3 is 19.2 Å². The molecule has 3 rings (SSSR count). The first-order valence-electron chi connectivity index (χ1n) is 7.18. The molecule has 2 aromatic heterocycles. The Kier molecular flexibility index (Phi) is 4.30. The molecule has 21 heavy (non-hydrogen) atoms. The summed E-state index contributed by atoms with van der Waals surface area (Å²) in [5.74, 6) is 1.58. The third kappa shape index (κ3) is 3.49. The predicted molar refractivity (Wildman–Crippen MR) is 74.4 cm³/mol. The van der Waals surface area contributed by atoms with Gasteiger partial charge in [0.25, 0.3) is 0 Å². The maximum absolute atomic E-state index is 12.1. The van der Waals surface area contributed by atoms with E-state index in [0.717, 1.165) is 32.6 Å². The number of rotatable bonds is 4. The van der Waals surface area contributed by atoms with Crippen molar-refractivity contribution in [3.63, 3.8) is 0 Å². The minimum absolute atomic E-state index is 0.136. The van der Waals surface area contributed by atoms with E-state index in [9.17, 15) is 4.79 Å². The number of carbonyl (C=O) groups excluding carboxylic acids is 1. The van der Waals surface area contributed by atoms with Crippen LogP contribution in [0.4, 0.5) is 0 Å². The van der Waals surface area contributed by atoms with Crippen LogP contribution in [0.3, 0.4) is 0 Å². The molecule has 2 aromatic rings. The molecule has 0 aromatic carbocycles. The zero-order valence-electron chi connectivity index (χ0n) is 11.7. The standard InChI is InChI=1S/C14H18N4O3/c19-13(18-8-2-6-15-7-9-18)5-4-12-16-14(17-21-12)11-3-1-10-20-11/h1,3,10,15H,2,4-9H2. The molecule has 1 aliphatic rings. The number of hydrogen-bond acceptors (Lipinski definition) is 6. The number of nitrogens with one attached hydrogen (secondary N) is 1. The van der Waals surface area contributed by atoms with Gasteiger partial charge in [0.05, 0.1) is 6.26 Å². The number of aromatic nitrogens is 2. The van der Waals surface area contributed by atoms with E-state index in [4.69, 9.17) is 8.94 Å². The molecule has 1 aliphatic heterocycles. The van der Waals surface area contributed by atoms with Crippen LogP contribution in [0, 0.1) is 0 Å². The highest BCUT2D eigenvalue weighted by molar-refractivity contribution is 5.76. The van der Waals surface area contributed by atoms with Crippen molar-refractivity contribution in [2.24, 2.45) is 0 Å². The minimum atomic E-state index is 0.136. The molecular formula is C14H18N4O3. The first-order valence-corrected chi connectivity index (χ1v) is 7.18. The maximum atomic E-state index is 12.1. The van der Waals surface area contributed by atoms with E-state index in [0.29, 0.717) is 30.3 Å². The summed E-state index contributed by atoms with van der Waals surface area (Å²) in [6, 6.07) is 3.53. The van der Waals surface area contributed by atoms with E-state index in [2.05, 4.69) is 15.5 Å². The molecule has 0 radical (unpaired) electrons. The van der Waals surface area contributed by atoms with E-state index in [1.54, 1.807) is 18.4 Å². The lowest BCUT2D eigenvalue weighted by molar-refractivity contribution is -0.131. The predicted octanol–water partition coefficient (Wildman–Crippen LogP) is 1.08. The van der Waals surface area contributed by atoms with Gasteiger partial charge in [0.1, 0.15) is 0 Å². The van der Waals surface area contributed by atoms with E-state index >= 15 is 0 Å². The zero-order chi connectivity index (χ0) is 14.5. The molecule has 0 aliphatic carbocycles. The lowest BCUT2D eigenvalue weighted by atomic mass is 10.2. The minimum Gasteiger partial charge on any atom is -0.461 e. The summed E-state index contributed by atoms with van der Waals surface area (Å²) in [6.45, 7) is 3.41. The van der Waals surface area contributed by atoms with Crippen LogP contribution in [0.25, 0.3) is 11.6 Å². The number of aryl methyl sites for hydroxylation is 1. The van der Waals surface area contributed by atoms with Gasteiger partial charge in [-0.15, -0.1) is 0 Å². The van der Waals surface area contributed by atoms with Gasteiger partial charge in [0.15, 0.2) is 5.76 Å². The highest BCUT2D eigenvalue weighted by Gasteiger charge is 2.17. The van der Waals surface area contributed by atoms with Crippen LogP contribution < -0.4 is 5.32 Å². The molecule has 1 amide bonds. The normalized spacial score (nSPS) is 15.9. The molecule has 1 fully saturated rings. The SMILES string of the molecule is O=C(CCc1nc(-c2ccco2)no1)N1CCCNCC1.